The van der Waals surface area contributed by atoms with Crippen molar-refractivity contribution >= 4 is 39.1 Å². The normalized spacial score (nSPS) is 12.6. The molecule has 0 fully saturated rings. The molecule has 45 heavy (non-hydrogen) atoms. The average Bonchev–Trinajstić information content (AvgIpc) is 3.03. The van der Waals surface area contributed by atoms with Crippen LogP contribution < -0.4 is 9.62 Å². The van der Waals surface area contributed by atoms with E-state index in [4.69, 9.17) is 11.6 Å². The maximum Gasteiger partial charge on any atom is 0.264 e. The first kappa shape index (κ1) is 33.7. The van der Waals surface area contributed by atoms with Gasteiger partial charge in [0.2, 0.25) is 11.8 Å². The Morgan fingerprint density at radius 2 is 1.44 bits per heavy atom. The number of halogens is 1. The van der Waals surface area contributed by atoms with E-state index in [9.17, 15) is 18.0 Å². The van der Waals surface area contributed by atoms with Crippen LogP contribution in [0.15, 0.2) is 108 Å². The Kier molecular flexibility index (Phi) is 11.4. The van der Waals surface area contributed by atoms with E-state index >= 15 is 0 Å². The summed E-state index contributed by atoms with van der Waals surface area (Å²) in [7, 11) is -4.21. The minimum atomic E-state index is -4.21. The third kappa shape index (κ3) is 8.74. The summed E-state index contributed by atoms with van der Waals surface area (Å²) in [4.78, 5) is 30.0. The molecule has 2 amide bonds. The van der Waals surface area contributed by atoms with E-state index in [1.54, 1.807) is 37.3 Å². The van der Waals surface area contributed by atoms with Gasteiger partial charge in [-0.1, -0.05) is 103 Å². The number of amides is 2. The molecule has 0 saturated carbocycles. The van der Waals surface area contributed by atoms with Crippen LogP contribution in [0.4, 0.5) is 5.69 Å². The molecule has 9 heteroatoms. The summed E-state index contributed by atoms with van der Waals surface area (Å²) >= 11 is 6.36. The molecule has 0 heterocycles. The number of nitrogens with one attached hydrogen (secondary N) is 1. The third-order valence-electron chi connectivity index (χ3n) is 7.80. The maximum atomic E-state index is 14.6. The fourth-order valence-corrected chi connectivity index (χ4v) is 6.61. The first-order valence-corrected chi connectivity index (χ1v) is 16.8. The monoisotopic (exact) mass is 645 g/mol. The fourth-order valence-electron chi connectivity index (χ4n) is 4.98. The van der Waals surface area contributed by atoms with Crippen molar-refractivity contribution in [1.29, 1.82) is 0 Å². The lowest BCUT2D eigenvalue weighted by atomic mass is 10.0. The molecule has 0 radical (unpaired) electrons. The summed E-state index contributed by atoms with van der Waals surface area (Å²) in [6.45, 7) is 7.11. The van der Waals surface area contributed by atoms with Gasteiger partial charge in [0.15, 0.2) is 0 Å². The van der Waals surface area contributed by atoms with Gasteiger partial charge in [-0.05, 0) is 68.1 Å². The predicted molar refractivity (Wildman–Crippen MR) is 181 cm³/mol. The van der Waals surface area contributed by atoms with Gasteiger partial charge in [-0.25, -0.2) is 8.42 Å². The molecule has 0 bridgehead atoms. The molecule has 236 valence electrons. The number of carbonyl (C=O) groups is 2. The van der Waals surface area contributed by atoms with Crippen molar-refractivity contribution < 1.29 is 18.0 Å². The van der Waals surface area contributed by atoms with E-state index in [0.717, 1.165) is 21.0 Å². The van der Waals surface area contributed by atoms with Gasteiger partial charge in [0.25, 0.3) is 10.0 Å². The van der Waals surface area contributed by atoms with Crippen LogP contribution in [0.25, 0.3) is 0 Å². The molecular formula is C36H40ClN3O4S. The van der Waals surface area contributed by atoms with Gasteiger partial charge < -0.3 is 10.2 Å². The van der Waals surface area contributed by atoms with Crippen LogP contribution in [0.1, 0.15) is 42.5 Å². The topological polar surface area (TPSA) is 86.8 Å². The van der Waals surface area contributed by atoms with Crippen molar-refractivity contribution in [3.63, 3.8) is 0 Å². The SMILES string of the molecule is CCC(C)NC(=O)C(Cc1ccccc1)N(Cc1ccccc1)C(=O)CN(c1cc(Cl)ccc1C)S(=O)(=O)c1ccc(C)cc1. The summed E-state index contributed by atoms with van der Waals surface area (Å²) in [5, 5.41) is 3.39. The summed E-state index contributed by atoms with van der Waals surface area (Å²) in [6, 6.07) is 29.3. The second-order valence-corrected chi connectivity index (χ2v) is 13.6. The molecule has 4 aromatic rings. The number of anilines is 1. The lowest BCUT2D eigenvalue weighted by molar-refractivity contribution is -0.140. The lowest BCUT2D eigenvalue weighted by Crippen LogP contribution is -2.54. The molecule has 0 aliphatic rings. The maximum absolute atomic E-state index is 14.6. The van der Waals surface area contributed by atoms with E-state index in [2.05, 4.69) is 5.32 Å². The summed E-state index contributed by atoms with van der Waals surface area (Å²) in [6.07, 6.45) is 0.968. The standard InChI is InChI=1S/C36H40ClN3O4S/c1-5-28(4)38-36(42)34(22-29-12-8-6-9-13-29)39(24-30-14-10-7-11-15-30)35(41)25-40(33-23-31(37)19-18-27(33)3)45(43,44)32-20-16-26(2)17-21-32/h6-21,23,28,34H,5,22,24-25H2,1-4H3,(H,38,42). The van der Waals surface area contributed by atoms with E-state index in [1.165, 1.54) is 17.0 Å². The molecule has 2 atom stereocenters. The quantitative estimate of drug-likeness (QED) is 0.175. The van der Waals surface area contributed by atoms with Gasteiger partial charge in [0, 0.05) is 24.0 Å². The van der Waals surface area contributed by atoms with E-state index in [0.29, 0.717) is 22.7 Å². The number of aryl methyl sites for hydroxylation is 2. The Morgan fingerprint density at radius 1 is 0.844 bits per heavy atom. The van der Waals surface area contributed by atoms with Gasteiger partial charge in [-0.3, -0.25) is 13.9 Å². The average molecular weight is 646 g/mol. The van der Waals surface area contributed by atoms with Crippen LogP contribution in [0.2, 0.25) is 5.02 Å². The zero-order chi connectivity index (χ0) is 32.6. The summed E-state index contributed by atoms with van der Waals surface area (Å²) in [5.74, 6) is -0.821. The highest BCUT2D eigenvalue weighted by molar-refractivity contribution is 7.92. The Bertz CT molecular complexity index is 1700. The third-order valence-corrected chi connectivity index (χ3v) is 9.80. The Morgan fingerprint density at radius 3 is 2.04 bits per heavy atom. The zero-order valence-electron chi connectivity index (χ0n) is 26.1. The van der Waals surface area contributed by atoms with Crippen molar-refractivity contribution in [2.45, 2.75) is 64.1 Å². The van der Waals surface area contributed by atoms with Crippen LogP contribution in [0, 0.1) is 13.8 Å². The van der Waals surface area contributed by atoms with Crippen LogP contribution in [0.3, 0.4) is 0 Å². The molecule has 2 unspecified atom stereocenters. The van der Waals surface area contributed by atoms with Crippen molar-refractivity contribution in [2.75, 3.05) is 10.8 Å². The second kappa shape index (κ2) is 15.2. The Hall–Kier alpha value is -4.14. The van der Waals surface area contributed by atoms with Crippen LogP contribution in [-0.2, 0) is 32.6 Å². The number of sulfonamides is 1. The minimum Gasteiger partial charge on any atom is -0.352 e. The summed E-state index contributed by atoms with van der Waals surface area (Å²) in [5.41, 5.74) is 3.52. The van der Waals surface area contributed by atoms with E-state index in [1.807, 2.05) is 81.4 Å². The number of hydrogen-bond donors (Lipinski definition) is 1. The van der Waals surface area contributed by atoms with Crippen LogP contribution in [0.5, 0.6) is 0 Å². The molecular weight excluding hydrogens is 606 g/mol. The molecule has 0 aromatic heterocycles. The molecule has 1 N–H and O–H groups in total. The highest BCUT2D eigenvalue weighted by Gasteiger charge is 2.35. The molecule has 0 aliphatic heterocycles. The summed E-state index contributed by atoms with van der Waals surface area (Å²) < 4.78 is 29.6. The Labute approximate surface area is 271 Å². The number of benzene rings is 4. The molecule has 0 saturated heterocycles. The Balaban J connectivity index is 1.82. The second-order valence-electron chi connectivity index (χ2n) is 11.3. The highest BCUT2D eigenvalue weighted by atomic mass is 35.5. The minimum absolute atomic E-state index is 0.0465. The highest BCUT2D eigenvalue weighted by Crippen LogP contribution is 2.30. The number of carbonyl (C=O) groups excluding carboxylic acids is 2. The van der Waals surface area contributed by atoms with Gasteiger partial charge in [-0.15, -0.1) is 0 Å². The van der Waals surface area contributed by atoms with E-state index < -0.39 is 28.5 Å². The van der Waals surface area contributed by atoms with Gasteiger partial charge >= 0.3 is 0 Å². The van der Waals surface area contributed by atoms with Gasteiger partial charge in [-0.2, -0.15) is 0 Å². The molecule has 0 aliphatic carbocycles. The van der Waals surface area contributed by atoms with Crippen LogP contribution in [-0.4, -0.2) is 43.8 Å². The van der Waals surface area contributed by atoms with Crippen molar-refractivity contribution in [3.8, 4) is 0 Å². The molecule has 0 spiro atoms. The number of rotatable bonds is 13. The molecule has 7 nitrogen and oxygen atoms in total. The smallest absolute Gasteiger partial charge is 0.264 e. The first-order chi connectivity index (χ1) is 21.5. The van der Waals surface area contributed by atoms with Crippen LogP contribution >= 0.6 is 11.6 Å². The van der Waals surface area contributed by atoms with E-state index in [-0.39, 0.29) is 29.8 Å². The van der Waals surface area contributed by atoms with Crippen molar-refractivity contribution in [1.82, 2.24) is 10.2 Å². The lowest BCUT2D eigenvalue weighted by Gasteiger charge is -2.34. The van der Waals surface area contributed by atoms with Crippen molar-refractivity contribution in [2.24, 2.45) is 0 Å². The van der Waals surface area contributed by atoms with Crippen molar-refractivity contribution in [3.05, 3.63) is 130 Å². The van der Waals surface area contributed by atoms with Gasteiger partial charge in [0.05, 0.1) is 10.6 Å². The number of hydrogen-bond acceptors (Lipinski definition) is 4. The first-order valence-electron chi connectivity index (χ1n) is 15.0. The largest absolute Gasteiger partial charge is 0.352 e. The zero-order valence-corrected chi connectivity index (χ0v) is 27.7. The number of nitrogens with zero attached hydrogens (tertiary/aromatic N) is 2. The van der Waals surface area contributed by atoms with Gasteiger partial charge in [0.1, 0.15) is 12.6 Å². The predicted octanol–water partition coefficient (Wildman–Crippen LogP) is 6.71. The fraction of sp³-hybridized carbons (Fsp3) is 0.278. The molecule has 4 rings (SSSR count). The molecule has 4 aromatic carbocycles.